The maximum Gasteiger partial charge on any atom is 0.126 e. The van der Waals surface area contributed by atoms with Crippen LogP contribution in [0.4, 0.5) is 0 Å². The zero-order valence-electron chi connectivity index (χ0n) is 15.1. The molecule has 0 bridgehead atoms. The van der Waals surface area contributed by atoms with Crippen LogP contribution in [-0.4, -0.2) is 7.11 Å². The highest BCUT2D eigenvalue weighted by Crippen LogP contribution is 2.31. The Bertz CT molecular complexity index is 850. The molecule has 0 aliphatic carbocycles. The van der Waals surface area contributed by atoms with Crippen LogP contribution in [0.5, 0.6) is 11.5 Å². The molecule has 0 amide bonds. The first-order chi connectivity index (χ1) is 12.2. The molecule has 0 unspecified atom stereocenters. The van der Waals surface area contributed by atoms with Crippen LogP contribution in [0.15, 0.2) is 66.7 Å². The number of hydrogen-bond donors (Lipinski definition) is 1. The van der Waals surface area contributed by atoms with Crippen molar-refractivity contribution in [3.8, 4) is 22.6 Å². The number of benzene rings is 3. The summed E-state index contributed by atoms with van der Waals surface area (Å²) in [6, 6.07) is 22.5. The van der Waals surface area contributed by atoms with Crippen molar-refractivity contribution in [1.82, 2.24) is 0 Å². The van der Waals surface area contributed by atoms with Crippen molar-refractivity contribution in [3.63, 3.8) is 0 Å². The van der Waals surface area contributed by atoms with Gasteiger partial charge in [-0.25, -0.2) is 0 Å². The van der Waals surface area contributed by atoms with E-state index in [0.29, 0.717) is 13.2 Å². The Balaban J connectivity index is 0.00000243. The van der Waals surface area contributed by atoms with Gasteiger partial charge in [0.15, 0.2) is 0 Å². The van der Waals surface area contributed by atoms with E-state index in [-0.39, 0.29) is 12.4 Å². The molecule has 136 valence electrons. The van der Waals surface area contributed by atoms with Crippen molar-refractivity contribution >= 4 is 12.4 Å². The van der Waals surface area contributed by atoms with E-state index in [9.17, 15) is 0 Å². The van der Waals surface area contributed by atoms with Crippen LogP contribution in [0.25, 0.3) is 11.1 Å². The summed E-state index contributed by atoms with van der Waals surface area (Å²) < 4.78 is 11.4. The van der Waals surface area contributed by atoms with Gasteiger partial charge >= 0.3 is 0 Å². The van der Waals surface area contributed by atoms with E-state index in [0.717, 1.165) is 39.3 Å². The molecule has 0 aromatic heterocycles. The standard InChI is InChI=1S/C22H23NO2.ClH/c1-16-11-19(12-20(14-23)22(16)24-2)18-9-6-10-21(13-18)25-15-17-7-4-3-5-8-17;/h3-13H,14-15,23H2,1-2H3;1H. The van der Waals surface area contributed by atoms with Crippen molar-refractivity contribution in [2.24, 2.45) is 5.73 Å². The van der Waals surface area contributed by atoms with Gasteiger partial charge in [0, 0.05) is 12.1 Å². The Morgan fingerprint density at radius 2 is 1.65 bits per heavy atom. The summed E-state index contributed by atoms with van der Waals surface area (Å²) in [6.07, 6.45) is 0. The van der Waals surface area contributed by atoms with E-state index in [4.69, 9.17) is 15.2 Å². The summed E-state index contributed by atoms with van der Waals surface area (Å²) in [5.41, 5.74) is 11.3. The average molecular weight is 370 g/mol. The summed E-state index contributed by atoms with van der Waals surface area (Å²) in [7, 11) is 1.68. The third kappa shape index (κ3) is 4.57. The van der Waals surface area contributed by atoms with Gasteiger partial charge in [-0.2, -0.15) is 0 Å². The molecule has 0 saturated carbocycles. The van der Waals surface area contributed by atoms with E-state index >= 15 is 0 Å². The minimum atomic E-state index is 0. The van der Waals surface area contributed by atoms with Crippen LogP contribution in [0.3, 0.4) is 0 Å². The Hall–Kier alpha value is -2.49. The normalized spacial score (nSPS) is 10.1. The smallest absolute Gasteiger partial charge is 0.126 e. The van der Waals surface area contributed by atoms with Crippen molar-refractivity contribution in [1.29, 1.82) is 0 Å². The second-order valence-electron chi connectivity index (χ2n) is 5.99. The summed E-state index contributed by atoms with van der Waals surface area (Å²) in [4.78, 5) is 0. The predicted molar refractivity (Wildman–Crippen MR) is 109 cm³/mol. The van der Waals surface area contributed by atoms with Gasteiger partial charge in [-0.3, -0.25) is 0 Å². The monoisotopic (exact) mass is 369 g/mol. The molecule has 0 aliphatic heterocycles. The lowest BCUT2D eigenvalue weighted by Crippen LogP contribution is -2.02. The molecule has 0 atom stereocenters. The number of methoxy groups -OCH3 is 1. The Morgan fingerprint density at radius 3 is 2.35 bits per heavy atom. The molecule has 0 aliphatic rings. The van der Waals surface area contributed by atoms with Crippen molar-refractivity contribution in [3.05, 3.63) is 83.4 Å². The largest absolute Gasteiger partial charge is 0.496 e. The van der Waals surface area contributed by atoms with Crippen molar-refractivity contribution < 1.29 is 9.47 Å². The molecular weight excluding hydrogens is 346 g/mol. The molecule has 0 saturated heterocycles. The minimum Gasteiger partial charge on any atom is -0.496 e. The quantitative estimate of drug-likeness (QED) is 0.655. The molecule has 0 radical (unpaired) electrons. The summed E-state index contributed by atoms with van der Waals surface area (Å²) in [5.74, 6) is 1.71. The van der Waals surface area contributed by atoms with Gasteiger partial charge in [0.2, 0.25) is 0 Å². The van der Waals surface area contributed by atoms with E-state index in [1.165, 1.54) is 0 Å². The maximum absolute atomic E-state index is 5.94. The third-order valence-corrected chi connectivity index (χ3v) is 4.19. The van der Waals surface area contributed by atoms with Crippen LogP contribution in [0, 0.1) is 6.92 Å². The molecule has 3 aromatic carbocycles. The fourth-order valence-corrected chi connectivity index (χ4v) is 2.96. The Kier molecular flexibility index (Phi) is 7.07. The molecule has 0 fully saturated rings. The van der Waals surface area contributed by atoms with Gasteiger partial charge in [-0.05, 0) is 53.4 Å². The number of hydrogen-bond acceptors (Lipinski definition) is 3. The second kappa shape index (κ2) is 9.27. The van der Waals surface area contributed by atoms with E-state index in [2.05, 4.69) is 36.4 Å². The molecule has 3 rings (SSSR count). The zero-order chi connectivity index (χ0) is 17.6. The molecule has 2 N–H and O–H groups in total. The van der Waals surface area contributed by atoms with Crippen LogP contribution < -0.4 is 15.2 Å². The lowest BCUT2D eigenvalue weighted by atomic mass is 9.99. The molecule has 3 nitrogen and oxygen atoms in total. The molecule has 0 spiro atoms. The van der Waals surface area contributed by atoms with Gasteiger partial charge in [-0.15, -0.1) is 12.4 Å². The van der Waals surface area contributed by atoms with Crippen LogP contribution in [0.1, 0.15) is 16.7 Å². The lowest BCUT2D eigenvalue weighted by molar-refractivity contribution is 0.306. The highest BCUT2D eigenvalue weighted by Gasteiger charge is 2.09. The lowest BCUT2D eigenvalue weighted by Gasteiger charge is -2.14. The van der Waals surface area contributed by atoms with Gasteiger partial charge in [-0.1, -0.05) is 42.5 Å². The highest BCUT2D eigenvalue weighted by atomic mass is 35.5. The molecule has 3 aromatic rings. The zero-order valence-corrected chi connectivity index (χ0v) is 15.9. The Morgan fingerprint density at radius 1 is 0.885 bits per heavy atom. The predicted octanol–water partition coefficient (Wildman–Crippen LogP) is 5.13. The third-order valence-electron chi connectivity index (χ3n) is 4.19. The van der Waals surface area contributed by atoms with E-state index in [1.54, 1.807) is 7.11 Å². The van der Waals surface area contributed by atoms with Crippen LogP contribution in [0.2, 0.25) is 0 Å². The molecular formula is C22H24ClNO2. The van der Waals surface area contributed by atoms with E-state index < -0.39 is 0 Å². The summed E-state index contributed by atoms with van der Waals surface area (Å²) in [6.45, 7) is 3.04. The minimum absolute atomic E-state index is 0. The number of ether oxygens (including phenoxy) is 2. The summed E-state index contributed by atoms with van der Waals surface area (Å²) in [5, 5.41) is 0. The molecule has 0 heterocycles. The van der Waals surface area contributed by atoms with Crippen molar-refractivity contribution in [2.75, 3.05) is 7.11 Å². The first kappa shape index (κ1) is 19.8. The number of rotatable bonds is 6. The van der Waals surface area contributed by atoms with Crippen molar-refractivity contribution in [2.45, 2.75) is 20.1 Å². The SMILES string of the molecule is COc1c(C)cc(-c2cccc(OCc3ccccc3)c2)cc1CN.Cl. The first-order valence-corrected chi connectivity index (χ1v) is 8.36. The van der Waals surface area contributed by atoms with Gasteiger partial charge in [0.25, 0.3) is 0 Å². The van der Waals surface area contributed by atoms with Gasteiger partial charge in [0.1, 0.15) is 18.1 Å². The topological polar surface area (TPSA) is 44.5 Å². The van der Waals surface area contributed by atoms with Crippen LogP contribution >= 0.6 is 12.4 Å². The fourth-order valence-electron chi connectivity index (χ4n) is 2.96. The average Bonchev–Trinajstić information content (AvgIpc) is 2.66. The number of aryl methyl sites for hydroxylation is 1. The first-order valence-electron chi connectivity index (χ1n) is 8.36. The second-order valence-corrected chi connectivity index (χ2v) is 5.99. The van der Waals surface area contributed by atoms with E-state index in [1.807, 2.05) is 37.3 Å². The van der Waals surface area contributed by atoms with Crippen LogP contribution in [-0.2, 0) is 13.2 Å². The Labute approximate surface area is 161 Å². The fraction of sp³-hybridized carbons (Fsp3) is 0.182. The molecule has 26 heavy (non-hydrogen) atoms. The number of halogens is 1. The highest BCUT2D eigenvalue weighted by molar-refractivity contribution is 5.85. The van der Waals surface area contributed by atoms with Gasteiger partial charge in [0.05, 0.1) is 7.11 Å². The maximum atomic E-state index is 5.94. The molecule has 4 heteroatoms. The van der Waals surface area contributed by atoms with Gasteiger partial charge < -0.3 is 15.2 Å². The number of nitrogens with two attached hydrogens (primary N) is 1. The summed E-state index contributed by atoms with van der Waals surface area (Å²) >= 11 is 0.